The first-order valence-corrected chi connectivity index (χ1v) is 5.51. The number of piperazine rings is 1. The van der Waals surface area contributed by atoms with Gasteiger partial charge < -0.3 is 15.8 Å². The van der Waals surface area contributed by atoms with Gasteiger partial charge in [0.25, 0.3) is 0 Å². The summed E-state index contributed by atoms with van der Waals surface area (Å²) >= 11 is 0. The van der Waals surface area contributed by atoms with Crippen LogP contribution in [0.25, 0.3) is 0 Å². The molecule has 1 aliphatic heterocycles. The summed E-state index contributed by atoms with van der Waals surface area (Å²) in [7, 11) is 0. The minimum atomic E-state index is 0.248. The Labute approximate surface area is 99.5 Å². The Morgan fingerprint density at radius 3 is 2.76 bits per heavy atom. The molecule has 0 atom stereocenters. The number of amidine groups is 1. The molecule has 0 radical (unpaired) electrons. The molecule has 0 spiro atoms. The van der Waals surface area contributed by atoms with E-state index >= 15 is 0 Å². The molecule has 2 rings (SSSR count). The number of hydrogen-bond donors (Lipinski definition) is 2. The van der Waals surface area contributed by atoms with E-state index < -0.39 is 0 Å². The first-order valence-electron chi connectivity index (χ1n) is 5.51. The van der Waals surface area contributed by atoms with Gasteiger partial charge in [0.2, 0.25) is 0 Å². The lowest BCUT2D eigenvalue weighted by atomic mass is 10.3. The maximum Gasteiger partial charge on any atom is 0.153 e. The van der Waals surface area contributed by atoms with Gasteiger partial charge in [0.05, 0.1) is 6.54 Å². The van der Waals surface area contributed by atoms with Crippen LogP contribution >= 0.6 is 0 Å². The molecule has 7 nitrogen and oxygen atoms in total. The predicted molar refractivity (Wildman–Crippen MR) is 64.1 cm³/mol. The van der Waals surface area contributed by atoms with Crippen molar-refractivity contribution in [2.75, 3.05) is 37.6 Å². The average molecular weight is 236 g/mol. The Hall–Kier alpha value is -1.89. The monoisotopic (exact) mass is 236 g/mol. The highest BCUT2D eigenvalue weighted by molar-refractivity contribution is 5.81. The Morgan fingerprint density at radius 1 is 1.41 bits per heavy atom. The molecule has 7 heteroatoms. The second-order valence-electron chi connectivity index (χ2n) is 3.94. The molecule has 3 N–H and O–H groups in total. The smallest absolute Gasteiger partial charge is 0.153 e. The van der Waals surface area contributed by atoms with Crippen LogP contribution in [0.2, 0.25) is 0 Å². The number of anilines is 1. The topological polar surface area (TPSA) is 90.9 Å². The molecule has 0 aromatic carbocycles. The SMILES string of the molecule is NC(CN1CCN(c2cccnn2)CC1)=NO. The van der Waals surface area contributed by atoms with Gasteiger partial charge in [-0.05, 0) is 12.1 Å². The lowest BCUT2D eigenvalue weighted by molar-refractivity contribution is 0.278. The molecule has 1 aromatic rings. The van der Waals surface area contributed by atoms with Crippen molar-refractivity contribution >= 4 is 11.7 Å². The lowest BCUT2D eigenvalue weighted by Gasteiger charge is -2.34. The molecule has 0 amide bonds. The van der Waals surface area contributed by atoms with Crippen molar-refractivity contribution in [2.45, 2.75) is 0 Å². The van der Waals surface area contributed by atoms with Crippen molar-refractivity contribution < 1.29 is 5.21 Å². The molecule has 1 aromatic heterocycles. The van der Waals surface area contributed by atoms with E-state index in [1.807, 2.05) is 12.1 Å². The molecular formula is C10H16N6O. The number of aromatic nitrogens is 2. The Kier molecular flexibility index (Phi) is 3.71. The highest BCUT2D eigenvalue weighted by Crippen LogP contribution is 2.11. The van der Waals surface area contributed by atoms with Crippen LogP contribution in [0.15, 0.2) is 23.5 Å². The van der Waals surface area contributed by atoms with E-state index in [-0.39, 0.29) is 5.84 Å². The molecule has 1 aliphatic rings. The number of rotatable bonds is 3. The van der Waals surface area contributed by atoms with Gasteiger partial charge in [-0.2, -0.15) is 5.10 Å². The standard InChI is InChI=1S/C10H16N6O/c11-9(14-17)8-15-4-6-16(7-5-15)10-2-1-3-12-13-10/h1-3,17H,4-8H2,(H2,11,14). The first kappa shape index (κ1) is 11.6. The molecule has 92 valence electrons. The summed E-state index contributed by atoms with van der Waals surface area (Å²) in [5.41, 5.74) is 5.47. The summed E-state index contributed by atoms with van der Waals surface area (Å²) in [4.78, 5) is 4.32. The number of oxime groups is 1. The summed E-state index contributed by atoms with van der Waals surface area (Å²) in [6.07, 6.45) is 1.66. The fraction of sp³-hybridized carbons (Fsp3) is 0.500. The van der Waals surface area contributed by atoms with Crippen LogP contribution in [0.3, 0.4) is 0 Å². The first-order chi connectivity index (χ1) is 8.29. The van der Waals surface area contributed by atoms with E-state index in [0.29, 0.717) is 6.54 Å². The molecule has 17 heavy (non-hydrogen) atoms. The molecule has 1 fully saturated rings. The third-order valence-corrected chi connectivity index (χ3v) is 2.77. The normalized spacial score (nSPS) is 18.4. The Morgan fingerprint density at radius 2 is 2.18 bits per heavy atom. The van der Waals surface area contributed by atoms with Crippen LogP contribution in [-0.4, -0.2) is 58.9 Å². The van der Waals surface area contributed by atoms with Gasteiger partial charge in [-0.3, -0.25) is 4.90 Å². The van der Waals surface area contributed by atoms with Crippen LogP contribution in [0.1, 0.15) is 0 Å². The molecule has 0 unspecified atom stereocenters. The van der Waals surface area contributed by atoms with Gasteiger partial charge in [-0.25, -0.2) is 0 Å². The maximum atomic E-state index is 8.50. The van der Waals surface area contributed by atoms with Crippen LogP contribution in [0.4, 0.5) is 5.82 Å². The summed E-state index contributed by atoms with van der Waals surface area (Å²) in [5, 5.41) is 19.4. The zero-order chi connectivity index (χ0) is 12.1. The van der Waals surface area contributed by atoms with Crippen LogP contribution in [-0.2, 0) is 0 Å². The van der Waals surface area contributed by atoms with E-state index in [1.54, 1.807) is 6.20 Å². The van der Waals surface area contributed by atoms with E-state index in [4.69, 9.17) is 10.9 Å². The van der Waals surface area contributed by atoms with Crippen LogP contribution in [0.5, 0.6) is 0 Å². The van der Waals surface area contributed by atoms with Crippen LogP contribution in [0, 0.1) is 0 Å². The van der Waals surface area contributed by atoms with Gasteiger partial charge in [-0.1, -0.05) is 5.16 Å². The maximum absolute atomic E-state index is 8.50. The van der Waals surface area contributed by atoms with Gasteiger partial charge in [0.1, 0.15) is 0 Å². The molecule has 0 saturated carbocycles. The Bertz CT molecular complexity index is 374. The largest absolute Gasteiger partial charge is 0.409 e. The van der Waals surface area contributed by atoms with Crippen LogP contribution < -0.4 is 10.6 Å². The Balaban J connectivity index is 1.86. The fourth-order valence-electron chi connectivity index (χ4n) is 1.86. The molecule has 1 saturated heterocycles. The molecule has 2 heterocycles. The van der Waals surface area contributed by atoms with Gasteiger partial charge >= 0.3 is 0 Å². The summed E-state index contributed by atoms with van der Waals surface area (Å²) in [6, 6.07) is 3.83. The fourth-order valence-corrected chi connectivity index (χ4v) is 1.86. The summed E-state index contributed by atoms with van der Waals surface area (Å²) < 4.78 is 0. The zero-order valence-electron chi connectivity index (χ0n) is 9.53. The zero-order valence-corrected chi connectivity index (χ0v) is 9.53. The molecule has 0 bridgehead atoms. The third-order valence-electron chi connectivity index (χ3n) is 2.77. The van der Waals surface area contributed by atoms with Crippen molar-refractivity contribution in [3.8, 4) is 0 Å². The second-order valence-corrected chi connectivity index (χ2v) is 3.94. The van der Waals surface area contributed by atoms with Crippen molar-refractivity contribution in [2.24, 2.45) is 10.9 Å². The highest BCUT2D eigenvalue weighted by atomic mass is 16.4. The van der Waals surface area contributed by atoms with Crippen molar-refractivity contribution in [3.05, 3.63) is 18.3 Å². The van der Waals surface area contributed by atoms with Gasteiger partial charge in [0, 0.05) is 32.4 Å². The number of hydrogen-bond acceptors (Lipinski definition) is 6. The molecule has 0 aliphatic carbocycles. The van der Waals surface area contributed by atoms with E-state index in [1.165, 1.54) is 0 Å². The van der Waals surface area contributed by atoms with E-state index in [2.05, 4.69) is 25.2 Å². The van der Waals surface area contributed by atoms with Gasteiger partial charge in [0.15, 0.2) is 11.7 Å². The number of nitrogens with two attached hydrogens (primary N) is 1. The van der Waals surface area contributed by atoms with Crippen molar-refractivity contribution in [1.82, 2.24) is 15.1 Å². The molecular weight excluding hydrogens is 220 g/mol. The van der Waals surface area contributed by atoms with Gasteiger partial charge in [-0.15, -0.1) is 5.10 Å². The van der Waals surface area contributed by atoms with E-state index in [0.717, 1.165) is 32.0 Å². The average Bonchev–Trinajstić information content (AvgIpc) is 2.40. The third kappa shape index (κ3) is 3.04. The van der Waals surface area contributed by atoms with E-state index in [9.17, 15) is 0 Å². The van der Waals surface area contributed by atoms with Crippen molar-refractivity contribution in [3.63, 3.8) is 0 Å². The second kappa shape index (κ2) is 5.44. The minimum absolute atomic E-state index is 0.248. The quantitative estimate of drug-likeness (QED) is 0.313. The predicted octanol–water partition coefficient (Wildman–Crippen LogP) is -0.655. The lowest BCUT2D eigenvalue weighted by Crippen LogP contribution is -2.49. The summed E-state index contributed by atoms with van der Waals surface area (Å²) in [5.74, 6) is 1.15. The summed E-state index contributed by atoms with van der Waals surface area (Å²) in [6.45, 7) is 3.99. The highest BCUT2D eigenvalue weighted by Gasteiger charge is 2.18. The van der Waals surface area contributed by atoms with Crippen molar-refractivity contribution in [1.29, 1.82) is 0 Å². The number of nitrogens with zero attached hydrogens (tertiary/aromatic N) is 5. The minimum Gasteiger partial charge on any atom is -0.409 e.